The van der Waals surface area contributed by atoms with Crippen molar-refractivity contribution in [3.05, 3.63) is 54.1 Å². The molecule has 0 saturated carbocycles. The SMILES string of the molecule is CCC(C)C(NC(=O)C(N)CC(N)=O)C(=O)NC(Cc1cnc[nH]1)C(=O)NC(Cc1ccccc1)C(=O)O. The lowest BCUT2D eigenvalue weighted by molar-refractivity contribution is -0.142. The Bertz CT molecular complexity index is 1090. The van der Waals surface area contributed by atoms with Crippen molar-refractivity contribution in [2.45, 2.75) is 63.7 Å². The van der Waals surface area contributed by atoms with E-state index in [0.717, 1.165) is 0 Å². The number of carboxylic acids is 1. The number of aromatic nitrogens is 2. The van der Waals surface area contributed by atoms with Crippen LogP contribution in [0.15, 0.2) is 42.9 Å². The molecular weight excluding hydrogens is 494 g/mol. The third-order valence-corrected chi connectivity index (χ3v) is 6.06. The zero-order valence-electron chi connectivity index (χ0n) is 21.3. The minimum atomic E-state index is -1.25. The normalized spacial score (nSPS) is 14.8. The van der Waals surface area contributed by atoms with Gasteiger partial charge < -0.3 is 37.5 Å². The van der Waals surface area contributed by atoms with Crippen molar-refractivity contribution in [3.8, 4) is 0 Å². The highest BCUT2D eigenvalue weighted by Gasteiger charge is 2.33. The maximum atomic E-state index is 13.3. The molecule has 1 aromatic heterocycles. The molecule has 0 spiro atoms. The van der Waals surface area contributed by atoms with Crippen LogP contribution in [0.5, 0.6) is 0 Å². The van der Waals surface area contributed by atoms with E-state index in [2.05, 4.69) is 25.9 Å². The van der Waals surface area contributed by atoms with Gasteiger partial charge in [0.25, 0.3) is 0 Å². The van der Waals surface area contributed by atoms with Gasteiger partial charge in [-0.05, 0) is 11.5 Å². The van der Waals surface area contributed by atoms with Gasteiger partial charge in [-0.3, -0.25) is 19.2 Å². The maximum absolute atomic E-state index is 13.3. The van der Waals surface area contributed by atoms with Crippen molar-refractivity contribution in [3.63, 3.8) is 0 Å². The summed E-state index contributed by atoms with van der Waals surface area (Å²) in [5.41, 5.74) is 12.1. The summed E-state index contributed by atoms with van der Waals surface area (Å²) in [6.45, 7) is 3.55. The Hall–Kier alpha value is -4.26. The number of nitrogens with zero attached hydrogens (tertiary/aromatic N) is 1. The largest absolute Gasteiger partial charge is 0.480 e. The van der Waals surface area contributed by atoms with E-state index in [1.54, 1.807) is 37.3 Å². The molecule has 2 rings (SSSR count). The number of aliphatic carboxylic acids is 1. The monoisotopic (exact) mass is 529 g/mol. The van der Waals surface area contributed by atoms with Crippen molar-refractivity contribution < 1.29 is 29.1 Å². The molecular formula is C25H35N7O6. The third-order valence-electron chi connectivity index (χ3n) is 6.06. The van der Waals surface area contributed by atoms with E-state index in [1.165, 1.54) is 12.5 Å². The summed E-state index contributed by atoms with van der Waals surface area (Å²) in [4.78, 5) is 68.8. The highest BCUT2D eigenvalue weighted by atomic mass is 16.4. The van der Waals surface area contributed by atoms with Crippen LogP contribution in [0.25, 0.3) is 0 Å². The number of hydrogen-bond donors (Lipinski definition) is 7. The number of nitrogens with two attached hydrogens (primary N) is 2. The lowest BCUT2D eigenvalue weighted by Crippen LogP contribution is -2.59. The summed E-state index contributed by atoms with van der Waals surface area (Å²) >= 11 is 0. The molecule has 4 amide bonds. The molecule has 1 aromatic carbocycles. The molecule has 13 heteroatoms. The zero-order valence-corrected chi connectivity index (χ0v) is 21.3. The molecule has 206 valence electrons. The van der Waals surface area contributed by atoms with Crippen LogP contribution in [0.3, 0.4) is 0 Å². The van der Waals surface area contributed by atoms with E-state index in [4.69, 9.17) is 11.5 Å². The lowest BCUT2D eigenvalue weighted by atomic mass is 9.97. The standard InChI is InChI=1S/C25H35N7O6/c1-3-14(2)21(32-22(34)17(26)11-20(27)33)24(36)30-18(10-16-12-28-13-29-16)23(35)31-19(25(37)38)9-15-7-5-4-6-8-15/h4-8,12-14,17-19,21H,3,9-11,26H2,1-2H3,(H2,27,33)(H,28,29)(H,30,36)(H,31,35)(H,32,34)(H,37,38). The molecule has 0 aliphatic rings. The van der Waals surface area contributed by atoms with Gasteiger partial charge >= 0.3 is 5.97 Å². The quantitative estimate of drug-likeness (QED) is 0.151. The van der Waals surface area contributed by atoms with Crippen LogP contribution in [-0.4, -0.2) is 68.8 Å². The Labute approximate surface area is 220 Å². The molecule has 0 fully saturated rings. The van der Waals surface area contributed by atoms with E-state index < -0.39 is 60.2 Å². The summed E-state index contributed by atoms with van der Waals surface area (Å²) < 4.78 is 0. The van der Waals surface area contributed by atoms with Gasteiger partial charge in [-0.15, -0.1) is 0 Å². The van der Waals surface area contributed by atoms with Gasteiger partial charge in [-0.25, -0.2) is 9.78 Å². The number of benzene rings is 1. The summed E-state index contributed by atoms with van der Waals surface area (Å²) in [7, 11) is 0. The topological polar surface area (TPSA) is 222 Å². The Morgan fingerprint density at radius 1 is 0.974 bits per heavy atom. The molecule has 5 unspecified atom stereocenters. The maximum Gasteiger partial charge on any atom is 0.326 e. The van der Waals surface area contributed by atoms with Gasteiger partial charge in [0.2, 0.25) is 23.6 Å². The van der Waals surface area contributed by atoms with Gasteiger partial charge in [0, 0.05) is 24.7 Å². The fraction of sp³-hybridized carbons (Fsp3) is 0.440. The van der Waals surface area contributed by atoms with Crippen LogP contribution in [0.4, 0.5) is 0 Å². The van der Waals surface area contributed by atoms with E-state index in [9.17, 15) is 29.1 Å². The Morgan fingerprint density at radius 3 is 2.18 bits per heavy atom. The lowest BCUT2D eigenvalue weighted by Gasteiger charge is -2.27. The van der Waals surface area contributed by atoms with Crippen LogP contribution in [0.2, 0.25) is 0 Å². The fourth-order valence-corrected chi connectivity index (χ4v) is 3.68. The summed E-state index contributed by atoms with van der Waals surface area (Å²) in [5.74, 6) is -4.50. The molecule has 5 atom stereocenters. The predicted octanol–water partition coefficient (Wildman–Crippen LogP) is -1.02. The van der Waals surface area contributed by atoms with Gasteiger partial charge in [-0.1, -0.05) is 50.6 Å². The van der Waals surface area contributed by atoms with Crippen LogP contribution in [0.1, 0.15) is 37.9 Å². The number of nitrogens with one attached hydrogen (secondary N) is 4. The Morgan fingerprint density at radius 2 is 1.63 bits per heavy atom. The second-order valence-electron chi connectivity index (χ2n) is 9.08. The number of hydrogen-bond acceptors (Lipinski definition) is 7. The number of imidazole rings is 1. The Balaban J connectivity index is 2.22. The summed E-state index contributed by atoms with van der Waals surface area (Å²) in [6.07, 6.45) is 3.00. The van der Waals surface area contributed by atoms with Crippen molar-refractivity contribution in [2.24, 2.45) is 17.4 Å². The smallest absolute Gasteiger partial charge is 0.326 e. The first-order chi connectivity index (χ1) is 18.0. The molecule has 1 heterocycles. The van der Waals surface area contributed by atoms with Crippen molar-refractivity contribution in [2.75, 3.05) is 0 Å². The molecule has 9 N–H and O–H groups in total. The first-order valence-electron chi connectivity index (χ1n) is 12.2. The second-order valence-corrected chi connectivity index (χ2v) is 9.08. The van der Waals surface area contributed by atoms with Crippen molar-refractivity contribution >= 4 is 29.6 Å². The number of rotatable bonds is 15. The number of amides is 4. The van der Waals surface area contributed by atoms with Crippen LogP contribution in [-0.2, 0) is 36.8 Å². The van der Waals surface area contributed by atoms with Crippen LogP contribution in [0, 0.1) is 5.92 Å². The van der Waals surface area contributed by atoms with Gasteiger partial charge in [0.1, 0.15) is 18.1 Å². The highest BCUT2D eigenvalue weighted by molar-refractivity contribution is 5.95. The predicted molar refractivity (Wildman–Crippen MR) is 137 cm³/mol. The average molecular weight is 530 g/mol. The number of aromatic amines is 1. The van der Waals surface area contributed by atoms with E-state index in [0.29, 0.717) is 17.7 Å². The molecule has 13 nitrogen and oxygen atoms in total. The average Bonchev–Trinajstić information content (AvgIpc) is 3.39. The third kappa shape index (κ3) is 9.32. The summed E-state index contributed by atoms with van der Waals surface area (Å²) in [6, 6.07) is 4.04. The second kappa shape index (κ2) is 14.5. The number of carboxylic acid groups (broad SMARTS) is 1. The van der Waals surface area contributed by atoms with E-state index in [1.807, 2.05) is 6.92 Å². The minimum Gasteiger partial charge on any atom is -0.480 e. The van der Waals surface area contributed by atoms with Crippen LogP contribution >= 0.6 is 0 Å². The molecule has 0 aliphatic heterocycles. The fourth-order valence-electron chi connectivity index (χ4n) is 3.68. The van der Waals surface area contributed by atoms with E-state index >= 15 is 0 Å². The van der Waals surface area contributed by atoms with Gasteiger partial charge in [-0.2, -0.15) is 0 Å². The number of carbonyl (C=O) groups is 5. The van der Waals surface area contributed by atoms with E-state index in [-0.39, 0.29) is 18.8 Å². The number of H-pyrrole nitrogens is 1. The van der Waals surface area contributed by atoms with Crippen molar-refractivity contribution in [1.82, 2.24) is 25.9 Å². The zero-order chi connectivity index (χ0) is 28.2. The highest BCUT2D eigenvalue weighted by Crippen LogP contribution is 2.11. The first-order valence-corrected chi connectivity index (χ1v) is 12.2. The number of primary amides is 1. The minimum absolute atomic E-state index is 0.0163. The van der Waals surface area contributed by atoms with Gasteiger partial charge in [0.05, 0.1) is 18.8 Å². The molecule has 0 saturated heterocycles. The summed E-state index contributed by atoms with van der Waals surface area (Å²) in [5, 5.41) is 17.4. The molecule has 38 heavy (non-hydrogen) atoms. The number of carbonyl (C=O) groups excluding carboxylic acids is 4. The van der Waals surface area contributed by atoms with Crippen molar-refractivity contribution in [1.29, 1.82) is 0 Å². The first kappa shape index (κ1) is 30.0. The Kier molecular flexibility index (Phi) is 11.4. The van der Waals surface area contributed by atoms with Gasteiger partial charge in [0.15, 0.2) is 0 Å². The molecule has 0 aliphatic carbocycles. The van der Waals surface area contributed by atoms with Crippen LogP contribution < -0.4 is 27.4 Å². The molecule has 0 bridgehead atoms. The molecule has 2 aromatic rings. The molecule has 0 radical (unpaired) electrons.